The second kappa shape index (κ2) is 3.96. The topological polar surface area (TPSA) is 63.3 Å². The first kappa shape index (κ1) is 10.8. The van der Waals surface area contributed by atoms with Crippen LogP contribution in [0, 0.1) is 0 Å². The van der Waals surface area contributed by atoms with Gasteiger partial charge in [0.15, 0.2) is 0 Å². The van der Waals surface area contributed by atoms with Gasteiger partial charge in [-0.15, -0.1) is 0 Å². The molecule has 0 aromatic rings. The fraction of sp³-hybridized carbons (Fsp3) is 0.800. The molecule has 0 bridgehead atoms. The molecule has 6 heteroatoms. The summed E-state index contributed by atoms with van der Waals surface area (Å²) in [7, 11) is 0. The summed E-state index contributed by atoms with van der Waals surface area (Å²) in [5, 5.41) is 7.60. The third-order valence-corrected chi connectivity index (χ3v) is 1.85. The number of aliphatic carboxylic acids is 1. The van der Waals surface area contributed by atoms with Gasteiger partial charge in [-0.1, -0.05) is 15.9 Å². The van der Waals surface area contributed by atoms with Crippen LogP contribution in [0.2, 0.25) is 0 Å². The van der Waals surface area contributed by atoms with Gasteiger partial charge in [-0.2, -0.15) is 0 Å². The quantitative estimate of drug-likeness (QED) is 0.705. The van der Waals surface area contributed by atoms with Gasteiger partial charge in [-0.3, -0.25) is 4.79 Å². The molecule has 0 heterocycles. The molecule has 66 valence electrons. The van der Waals surface area contributed by atoms with Crippen LogP contribution in [0.15, 0.2) is 0 Å². The number of alkyl halides is 3. The van der Waals surface area contributed by atoms with Crippen LogP contribution >= 0.6 is 15.9 Å². The zero-order chi connectivity index (χ0) is 9.07. The van der Waals surface area contributed by atoms with Crippen molar-refractivity contribution >= 4 is 21.9 Å². The van der Waals surface area contributed by atoms with Crippen molar-refractivity contribution in [2.75, 3.05) is 5.33 Å². The zero-order valence-corrected chi connectivity index (χ0v) is 7.14. The molecule has 0 aromatic carbocycles. The lowest BCUT2D eigenvalue weighted by molar-refractivity contribution is -0.140. The van der Waals surface area contributed by atoms with Crippen LogP contribution in [-0.2, 0) is 4.79 Å². The molecule has 0 spiro atoms. The zero-order valence-electron chi connectivity index (χ0n) is 5.56. The Bertz CT molecular complexity index is 153. The van der Waals surface area contributed by atoms with Gasteiger partial charge in [-0.05, 0) is 0 Å². The number of hydrogen-bond acceptors (Lipinski definition) is 2. The highest BCUT2D eigenvalue weighted by atomic mass is 79.9. The van der Waals surface area contributed by atoms with E-state index in [1.807, 2.05) is 0 Å². The minimum atomic E-state index is -3.04. The second-order valence-electron chi connectivity index (χ2n) is 2.14. The highest BCUT2D eigenvalue weighted by Gasteiger charge is 2.32. The van der Waals surface area contributed by atoms with Crippen molar-refractivity contribution in [3.63, 3.8) is 0 Å². The normalized spacial score (nSPS) is 14.5. The molecule has 0 rings (SSSR count). The van der Waals surface area contributed by atoms with Crippen LogP contribution in [0.25, 0.3) is 0 Å². The van der Waals surface area contributed by atoms with E-state index in [9.17, 15) is 13.6 Å². The standard InChI is InChI=1S/C5H8BrF2NO2/c6-2-5(7,8)1-3(9)4(10)11/h3H,1-2,9H2,(H,10,11)/t3-/m0/s1. The number of rotatable bonds is 4. The third kappa shape index (κ3) is 4.26. The van der Waals surface area contributed by atoms with Gasteiger partial charge in [0.05, 0.1) is 5.33 Å². The molecule has 0 radical (unpaired) electrons. The molecule has 1 atom stereocenters. The van der Waals surface area contributed by atoms with Gasteiger partial charge in [0.25, 0.3) is 5.92 Å². The number of carboxylic acid groups (broad SMARTS) is 1. The van der Waals surface area contributed by atoms with Gasteiger partial charge in [-0.25, -0.2) is 8.78 Å². The Morgan fingerprint density at radius 1 is 1.73 bits per heavy atom. The van der Waals surface area contributed by atoms with Crippen molar-refractivity contribution in [1.82, 2.24) is 0 Å². The van der Waals surface area contributed by atoms with E-state index in [4.69, 9.17) is 10.8 Å². The van der Waals surface area contributed by atoms with Gasteiger partial charge in [0, 0.05) is 6.42 Å². The number of halogens is 3. The molecule has 0 saturated heterocycles. The predicted molar refractivity (Wildman–Crippen MR) is 39.0 cm³/mol. The number of hydrogen-bond donors (Lipinski definition) is 2. The summed E-state index contributed by atoms with van der Waals surface area (Å²) in [6, 6.07) is -1.50. The van der Waals surface area contributed by atoms with E-state index in [1.54, 1.807) is 0 Å². The van der Waals surface area contributed by atoms with E-state index in [2.05, 4.69) is 15.9 Å². The average molecular weight is 232 g/mol. The number of carboxylic acids is 1. The Kier molecular flexibility index (Phi) is 3.88. The smallest absolute Gasteiger partial charge is 0.320 e. The first-order valence-electron chi connectivity index (χ1n) is 2.81. The molecule has 11 heavy (non-hydrogen) atoms. The van der Waals surface area contributed by atoms with Crippen LogP contribution in [0.5, 0.6) is 0 Å². The van der Waals surface area contributed by atoms with Gasteiger partial charge in [0.2, 0.25) is 0 Å². The average Bonchev–Trinajstić information content (AvgIpc) is 1.87. The number of carbonyl (C=O) groups is 1. The summed E-state index contributed by atoms with van der Waals surface area (Å²) in [5.41, 5.74) is 4.88. The molecule has 0 aromatic heterocycles. The summed E-state index contributed by atoms with van der Waals surface area (Å²) in [5.74, 6) is -4.46. The lowest BCUT2D eigenvalue weighted by atomic mass is 10.1. The first-order chi connectivity index (χ1) is 4.89. The Hall–Kier alpha value is -0.230. The fourth-order valence-electron chi connectivity index (χ4n) is 0.464. The molecular weight excluding hydrogens is 224 g/mol. The summed E-state index contributed by atoms with van der Waals surface area (Å²) in [4.78, 5) is 10.0. The molecule has 0 aliphatic rings. The van der Waals surface area contributed by atoms with Crippen LogP contribution in [0.4, 0.5) is 8.78 Å². The fourth-order valence-corrected chi connectivity index (χ4v) is 0.693. The summed E-state index contributed by atoms with van der Waals surface area (Å²) < 4.78 is 24.7. The van der Waals surface area contributed by atoms with E-state index in [1.165, 1.54) is 0 Å². The van der Waals surface area contributed by atoms with E-state index >= 15 is 0 Å². The summed E-state index contributed by atoms with van der Waals surface area (Å²) in [6.07, 6.45) is -0.840. The lowest BCUT2D eigenvalue weighted by Gasteiger charge is -2.14. The third-order valence-electron chi connectivity index (χ3n) is 1.03. The minimum absolute atomic E-state index is 0.568. The molecule has 3 nitrogen and oxygen atoms in total. The Labute approximate surface area is 70.7 Å². The van der Waals surface area contributed by atoms with E-state index in [0.717, 1.165) is 0 Å². The molecular formula is C5H8BrF2NO2. The van der Waals surface area contributed by atoms with Gasteiger partial charge in [0.1, 0.15) is 6.04 Å². The highest BCUT2D eigenvalue weighted by Crippen LogP contribution is 2.21. The SMILES string of the molecule is N[C@@H](CC(F)(F)CBr)C(=O)O. The second-order valence-corrected chi connectivity index (χ2v) is 2.70. The van der Waals surface area contributed by atoms with Crippen molar-refractivity contribution in [3.05, 3.63) is 0 Å². The number of nitrogens with two attached hydrogens (primary N) is 1. The maximum Gasteiger partial charge on any atom is 0.320 e. The molecule has 0 aliphatic heterocycles. The Morgan fingerprint density at radius 2 is 2.18 bits per heavy atom. The van der Waals surface area contributed by atoms with Crippen molar-refractivity contribution in [3.8, 4) is 0 Å². The van der Waals surface area contributed by atoms with E-state index < -0.39 is 29.7 Å². The molecule has 0 amide bonds. The Morgan fingerprint density at radius 3 is 2.45 bits per heavy atom. The van der Waals surface area contributed by atoms with Crippen LogP contribution in [0.1, 0.15) is 6.42 Å². The van der Waals surface area contributed by atoms with Crippen LogP contribution < -0.4 is 5.73 Å². The Balaban J connectivity index is 3.93. The minimum Gasteiger partial charge on any atom is -0.480 e. The van der Waals surface area contributed by atoms with Gasteiger partial charge < -0.3 is 10.8 Å². The van der Waals surface area contributed by atoms with Crippen molar-refractivity contribution in [2.45, 2.75) is 18.4 Å². The predicted octanol–water partition coefficient (Wildman–Crippen LogP) is 0.819. The molecule has 0 saturated carbocycles. The molecule has 3 N–H and O–H groups in total. The summed E-state index contributed by atoms with van der Waals surface area (Å²) >= 11 is 2.55. The molecule has 0 aliphatic carbocycles. The van der Waals surface area contributed by atoms with Crippen molar-refractivity contribution < 1.29 is 18.7 Å². The largest absolute Gasteiger partial charge is 0.480 e. The van der Waals surface area contributed by atoms with Crippen molar-refractivity contribution in [2.24, 2.45) is 5.73 Å². The van der Waals surface area contributed by atoms with E-state index in [-0.39, 0.29) is 0 Å². The van der Waals surface area contributed by atoms with Crippen LogP contribution in [-0.4, -0.2) is 28.4 Å². The van der Waals surface area contributed by atoms with Crippen LogP contribution in [0.3, 0.4) is 0 Å². The highest BCUT2D eigenvalue weighted by molar-refractivity contribution is 9.09. The van der Waals surface area contributed by atoms with Gasteiger partial charge >= 0.3 is 5.97 Å². The summed E-state index contributed by atoms with van der Waals surface area (Å²) in [6.45, 7) is 0. The first-order valence-corrected chi connectivity index (χ1v) is 3.93. The molecule has 0 unspecified atom stereocenters. The lowest BCUT2D eigenvalue weighted by Crippen LogP contribution is -2.37. The van der Waals surface area contributed by atoms with E-state index in [0.29, 0.717) is 0 Å². The maximum atomic E-state index is 12.4. The molecule has 0 fully saturated rings. The monoisotopic (exact) mass is 231 g/mol. The van der Waals surface area contributed by atoms with Crippen molar-refractivity contribution in [1.29, 1.82) is 0 Å². The maximum absolute atomic E-state index is 12.4.